The van der Waals surface area contributed by atoms with E-state index in [1.165, 1.54) is 6.20 Å². The number of aryl methyl sites for hydroxylation is 1. The molecule has 0 saturated carbocycles. The number of pyridine rings is 1. The minimum absolute atomic E-state index is 0.255. The van der Waals surface area contributed by atoms with Crippen LogP contribution >= 0.6 is 0 Å². The van der Waals surface area contributed by atoms with Crippen molar-refractivity contribution in [1.29, 1.82) is 0 Å². The summed E-state index contributed by atoms with van der Waals surface area (Å²) in [6.07, 6.45) is 7.50. The molecule has 0 aliphatic heterocycles. The third-order valence-corrected chi connectivity index (χ3v) is 2.87. The fourth-order valence-corrected chi connectivity index (χ4v) is 2.05. The van der Waals surface area contributed by atoms with Gasteiger partial charge in [-0.3, -0.25) is 4.98 Å². The third-order valence-electron chi connectivity index (χ3n) is 2.87. The highest BCUT2D eigenvalue weighted by atomic mass is 19.1. The van der Waals surface area contributed by atoms with Gasteiger partial charge in [0.15, 0.2) is 0 Å². The first kappa shape index (κ1) is 12.7. The zero-order valence-corrected chi connectivity index (χ0v) is 10.6. The topological polar surface area (TPSA) is 42.7 Å². The van der Waals surface area contributed by atoms with Crippen LogP contribution in [0.1, 0.15) is 30.8 Å². The van der Waals surface area contributed by atoms with Crippen molar-refractivity contribution in [3.05, 3.63) is 48.1 Å². The van der Waals surface area contributed by atoms with E-state index in [2.05, 4.69) is 22.2 Å². The summed E-state index contributed by atoms with van der Waals surface area (Å²) in [5.41, 5.74) is 0.566. The van der Waals surface area contributed by atoms with Gasteiger partial charge >= 0.3 is 0 Å². The van der Waals surface area contributed by atoms with E-state index in [9.17, 15) is 4.39 Å². The quantitative estimate of drug-likeness (QED) is 0.881. The normalized spacial score (nSPS) is 12.6. The molecule has 1 atom stereocenters. The van der Waals surface area contributed by atoms with Gasteiger partial charge in [0, 0.05) is 30.7 Å². The number of aromatic nitrogens is 3. The van der Waals surface area contributed by atoms with Gasteiger partial charge in [0.05, 0.1) is 12.2 Å². The van der Waals surface area contributed by atoms with Crippen LogP contribution in [0.25, 0.3) is 0 Å². The van der Waals surface area contributed by atoms with Crippen molar-refractivity contribution in [1.82, 2.24) is 19.9 Å². The summed E-state index contributed by atoms with van der Waals surface area (Å²) in [5.74, 6) is 0.507. The molecule has 0 radical (unpaired) electrons. The second-order valence-corrected chi connectivity index (χ2v) is 4.10. The maximum absolute atomic E-state index is 13.8. The van der Waals surface area contributed by atoms with Crippen LogP contribution in [0, 0.1) is 5.82 Å². The lowest BCUT2D eigenvalue weighted by atomic mass is 10.1. The number of nitrogens with one attached hydrogen (secondary N) is 1. The molecular formula is C13H17FN4. The van der Waals surface area contributed by atoms with Crippen LogP contribution in [-0.2, 0) is 6.54 Å². The summed E-state index contributed by atoms with van der Waals surface area (Å²) in [5, 5.41) is 3.11. The molecule has 1 unspecified atom stereocenters. The standard InChI is InChI=1S/C13H17FN4/c1-3-7-18-8-6-17-13(18)12(15-2)10-4-5-16-9-11(10)14/h4-6,8-9,12,15H,3,7H2,1-2H3. The average molecular weight is 248 g/mol. The smallest absolute Gasteiger partial charge is 0.146 e. The Labute approximate surface area is 106 Å². The summed E-state index contributed by atoms with van der Waals surface area (Å²) in [6, 6.07) is 1.43. The van der Waals surface area contributed by atoms with Crippen LogP contribution in [0.4, 0.5) is 4.39 Å². The second kappa shape index (κ2) is 5.73. The van der Waals surface area contributed by atoms with Gasteiger partial charge in [-0.05, 0) is 19.5 Å². The lowest BCUT2D eigenvalue weighted by Gasteiger charge is -2.18. The molecule has 18 heavy (non-hydrogen) atoms. The van der Waals surface area contributed by atoms with E-state index in [1.54, 1.807) is 25.5 Å². The Morgan fingerprint density at radius 1 is 1.44 bits per heavy atom. The van der Waals surface area contributed by atoms with E-state index in [1.807, 2.05) is 10.8 Å². The molecule has 0 saturated heterocycles. The maximum Gasteiger partial charge on any atom is 0.146 e. The van der Waals surface area contributed by atoms with E-state index >= 15 is 0 Å². The summed E-state index contributed by atoms with van der Waals surface area (Å²) < 4.78 is 15.8. The molecule has 5 heteroatoms. The van der Waals surface area contributed by atoms with Gasteiger partial charge in [0.2, 0.25) is 0 Å². The van der Waals surface area contributed by atoms with Crippen molar-refractivity contribution >= 4 is 0 Å². The third kappa shape index (κ3) is 2.41. The highest BCUT2D eigenvalue weighted by Crippen LogP contribution is 2.22. The molecule has 1 N–H and O–H groups in total. The lowest BCUT2D eigenvalue weighted by Crippen LogP contribution is -2.23. The predicted molar refractivity (Wildman–Crippen MR) is 67.6 cm³/mol. The van der Waals surface area contributed by atoms with Gasteiger partial charge in [-0.15, -0.1) is 0 Å². The van der Waals surface area contributed by atoms with Gasteiger partial charge in [-0.1, -0.05) is 6.92 Å². The molecule has 2 heterocycles. The minimum atomic E-state index is -0.317. The number of imidazole rings is 1. The number of halogens is 1. The summed E-state index contributed by atoms with van der Waals surface area (Å²) in [4.78, 5) is 8.11. The molecule has 0 bridgehead atoms. The van der Waals surface area contributed by atoms with Crippen molar-refractivity contribution in [2.24, 2.45) is 0 Å². The summed E-state index contributed by atoms with van der Waals surface area (Å²) >= 11 is 0. The zero-order valence-electron chi connectivity index (χ0n) is 10.6. The van der Waals surface area contributed by atoms with Crippen LogP contribution in [0.3, 0.4) is 0 Å². The molecule has 96 valence electrons. The fraction of sp³-hybridized carbons (Fsp3) is 0.385. The zero-order chi connectivity index (χ0) is 13.0. The van der Waals surface area contributed by atoms with Crippen molar-refractivity contribution in [2.45, 2.75) is 25.9 Å². The molecular weight excluding hydrogens is 231 g/mol. The van der Waals surface area contributed by atoms with Crippen molar-refractivity contribution in [3.63, 3.8) is 0 Å². The first-order valence-electron chi connectivity index (χ1n) is 6.05. The second-order valence-electron chi connectivity index (χ2n) is 4.10. The molecule has 0 fully saturated rings. The molecule has 2 aromatic heterocycles. The van der Waals surface area contributed by atoms with Crippen LogP contribution < -0.4 is 5.32 Å². The van der Waals surface area contributed by atoms with E-state index in [0.717, 1.165) is 18.8 Å². The van der Waals surface area contributed by atoms with Crippen LogP contribution in [0.2, 0.25) is 0 Å². The molecule has 0 aromatic carbocycles. The highest BCUT2D eigenvalue weighted by Gasteiger charge is 2.20. The monoisotopic (exact) mass is 248 g/mol. The molecule has 0 aliphatic carbocycles. The number of rotatable bonds is 5. The van der Waals surface area contributed by atoms with Gasteiger partial charge < -0.3 is 9.88 Å². The molecule has 0 amide bonds. The van der Waals surface area contributed by atoms with E-state index in [-0.39, 0.29) is 11.9 Å². The van der Waals surface area contributed by atoms with Crippen molar-refractivity contribution < 1.29 is 4.39 Å². The van der Waals surface area contributed by atoms with Gasteiger partial charge in [-0.25, -0.2) is 9.37 Å². The molecule has 2 rings (SSSR count). The first-order chi connectivity index (χ1) is 8.77. The van der Waals surface area contributed by atoms with Crippen LogP contribution in [0.5, 0.6) is 0 Å². The van der Waals surface area contributed by atoms with Gasteiger partial charge in [-0.2, -0.15) is 0 Å². The van der Waals surface area contributed by atoms with Crippen LogP contribution in [-0.4, -0.2) is 21.6 Å². The van der Waals surface area contributed by atoms with Gasteiger partial charge in [0.25, 0.3) is 0 Å². The molecule has 0 spiro atoms. The van der Waals surface area contributed by atoms with Crippen molar-refractivity contribution in [3.8, 4) is 0 Å². The Kier molecular flexibility index (Phi) is 4.04. The highest BCUT2D eigenvalue weighted by molar-refractivity contribution is 5.24. The molecule has 0 aliphatic rings. The average Bonchev–Trinajstić information content (AvgIpc) is 2.82. The Balaban J connectivity index is 2.39. The Morgan fingerprint density at radius 2 is 2.28 bits per heavy atom. The molecule has 2 aromatic rings. The summed E-state index contributed by atoms with van der Waals surface area (Å²) in [7, 11) is 1.80. The van der Waals surface area contributed by atoms with E-state index in [0.29, 0.717) is 5.56 Å². The Hall–Kier alpha value is -1.75. The fourth-order valence-electron chi connectivity index (χ4n) is 2.05. The number of hydrogen-bond acceptors (Lipinski definition) is 3. The van der Waals surface area contributed by atoms with E-state index < -0.39 is 0 Å². The minimum Gasteiger partial charge on any atom is -0.333 e. The number of hydrogen-bond donors (Lipinski definition) is 1. The predicted octanol–water partition coefficient (Wildman–Crippen LogP) is 2.14. The first-order valence-corrected chi connectivity index (χ1v) is 6.05. The maximum atomic E-state index is 13.8. The van der Waals surface area contributed by atoms with Crippen molar-refractivity contribution in [2.75, 3.05) is 7.05 Å². The number of nitrogens with zero attached hydrogens (tertiary/aromatic N) is 3. The van der Waals surface area contributed by atoms with Gasteiger partial charge in [0.1, 0.15) is 11.6 Å². The lowest BCUT2D eigenvalue weighted by molar-refractivity contribution is 0.531. The Morgan fingerprint density at radius 3 is 2.94 bits per heavy atom. The van der Waals surface area contributed by atoms with E-state index in [4.69, 9.17) is 0 Å². The van der Waals surface area contributed by atoms with Crippen LogP contribution in [0.15, 0.2) is 30.9 Å². The SMILES string of the molecule is CCCn1ccnc1C(NC)c1ccncc1F. The molecule has 4 nitrogen and oxygen atoms in total. The Bertz CT molecular complexity index is 509. The largest absolute Gasteiger partial charge is 0.333 e. The summed E-state index contributed by atoms with van der Waals surface area (Å²) in [6.45, 7) is 2.98.